The van der Waals surface area contributed by atoms with Crippen LogP contribution in [0.15, 0.2) is 12.3 Å². The van der Waals surface area contributed by atoms with E-state index in [0.29, 0.717) is 23.8 Å². The van der Waals surface area contributed by atoms with Gasteiger partial charge in [0.2, 0.25) is 0 Å². The number of carbonyl (C=O) groups is 1. The number of carbonyl (C=O) groups excluding carboxylic acids is 1. The average Bonchev–Trinajstić information content (AvgIpc) is 2.46. The van der Waals surface area contributed by atoms with Crippen molar-refractivity contribution in [2.75, 3.05) is 13.1 Å². The van der Waals surface area contributed by atoms with E-state index in [4.69, 9.17) is 11.6 Å². The summed E-state index contributed by atoms with van der Waals surface area (Å²) in [5.41, 5.74) is -0.267. The highest BCUT2D eigenvalue weighted by atomic mass is 35.5. The molecule has 2 heterocycles. The molecule has 1 aromatic rings. The van der Waals surface area contributed by atoms with E-state index < -0.39 is 5.60 Å². The van der Waals surface area contributed by atoms with E-state index in [2.05, 4.69) is 4.98 Å². The summed E-state index contributed by atoms with van der Waals surface area (Å²) < 4.78 is 0. The van der Waals surface area contributed by atoms with E-state index in [9.17, 15) is 9.90 Å². The summed E-state index contributed by atoms with van der Waals surface area (Å²) in [6.45, 7) is 2.46. The second kappa shape index (κ2) is 3.00. The number of nitrogens with zero attached hydrogens (tertiary/aromatic N) is 1. The Labute approximate surface area is 86.5 Å². The monoisotopic (exact) mass is 214 g/mol. The number of amides is 1. The van der Waals surface area contributed by atoms with Crippen molar-refractivity contribution in [3.8, 4) is 0 Å². The molecule has 0 bridgehead atoms. The van der Waals surface area contributed by atoms with Crippen LogP contribution >= 0.6 is 11.6 Å². The minimum absolute atomic E-state index is 0.122. The first kappa shape index (κ1) is 9.55. The molecule has 0 unspecified atom stereocenters. The van der Waals surface area contributed by atoms with E-state index in [1.54, 1.807) is 24.1 Å². The van der Waals surface area contributed by atoms with E-state index in [-0.39, 0.29) is 5.91 Å². The van der Waals surface area contributed by atoms with Crippen LogP contribution in [0, 0.1) is 0 Å². The van der Waals surface area contributed by atoms with Crippen LogP contribution in [0.3, 0.4) is 0 Å². The smallest absolute Gasteiger partial charge is 0.270 e. The summed E-state index contributed by atoms with van der Waals surface area (Å²) in [6, 6.07) is 1.58. The first-order valence-corrected chi connectivity index (χ1v) is 4.71. The van der Waals surface area contributed by atoms with Crippen molar-refractivity contribution in [1.82, 2.24) is 9.88 Å². The van der Waals surface area contributed by atoms with Crippen molar-refractivity contribution < 1.29 is 9.90 Å². The molecule has 1 aliphatic heterocycles. The van der Waals surface area contributed by atoms with Crippen LogP contribution < -0.4 is 0 Å². The summed E-state index contributed by atoms with van der Waals surface area (Å²) in [5, 5.41) is 9.97. The summed E-state index contributed by atoms with van der Waals surface area (Å²) in [7, 11) is 0. The number of β-amino-alcohol motifs (C(OH)–C–C–N with tert-alkyl or cyclic N) is 1. The van der Waals surface area contributed by atoms with Crippen LogP contribution in [0.2, 0.25) is 5.02 Å². The fourth-order valence-corrected chi connectivity index (χ4v) is 1.75. The van der Waals surface area contributed by atoms with Crippen molar-refractivity contribution in [2.24, 2.45) is 0 Å². The predicted molar refractivity (Wildman–Crippen MR) is 52.3 cm³/mol. The molecule has 0 spiro atoms. The largest absolute Gasteiger partial charge is 0.386 e. The summed E-state index contributed by atoms with van der Waals surface area (Å²) in [5.74, 6) is -0.122. The van der Waals surface area contributed by atoms with Crippen molar-refractivity contribution in [2.45, 2.75) is 12.5 Å². The Balaban J connectivity index is 2.04. The van der Waals surface area contributed by atoms with Gasteiger partial charge in [-0.05, 0) is 13.0 Å². The normalized spacial score (nSPS) is 19.2. The number of hydrogen-bond acceptors (Lipinski definition) is 2. The molecular weight excluding hydrogens is 204 g/mol. The number of nitrogens with one attached hydrogen (secondary N) is 1. The molecule has 5 heteroatoms. The molecule has 0 saturated carbocycles. The molecule has 1 aliphatic rings. The average molecular weight is 215 g/mol. The molecule has 14 heavy (non-hydrogen) atoms. The fourth-order valence-electron chi connectivity index (χ4n) is 1.58. The van der Waals surface area contributed by atoms with Gasteiger partial charge in [0.25, 0.3) is 5.91 Å². The first-order chi connectivity index (χ1) is 6.48. The van der Waals surface area contributed by atoms with E-state index in [0.717, 1.165) is 0 Å². The molecular formula is C9H11ClN2O2. The zero-order chi connectivity index (χ0) is 10.3. The quantitative estimate of drug-likeness (QED) is 0.729. The molecule has 2 rings (SSSR count). The zero-order valence-electron chi connectivity index (χ0n) is 7.75. The summed E-state index contributed by atoms with van der Waals surface area (Å²) in [4.78, 5) is 16.0. The minimum Gasteiger partial charge on any atom is -0.386 e. The molecule has 0 radical (unpaired) electrons. The first-order valence-electron chi connectivity index (χ1n) is 4.33. The molecule has 4 nitrogen and oxygen atoms in total. The van der Waals surface area contributed by atoms with Crippen molar-refractivity contribution in [3.05, 3.63) is 23.0 Å². The summed E-state index contributed by atoms with van der Waals surface area (Å²) in [6.07, 6.45) is 1.56. The van der Waals surface area contributed by atoms with Gasteiger partial charge in [0.1, 0.15) is 5.69 Å². The van der Waals surface area contributed by atoms with Gasteiger partial charge in [-0.1, -0.05) is 11.6 Å². The van der Waals surface area contributed by atoms with Gasteiger partial charge >= 0.3 is 0 Å². The van der Waals surface area contributed by atoms with Gasteiger partial charge in [-0.15, -0.1) is 0 Å². The highest BCUT2D eigenvalue weighted by molar-refractivity contribution is 6.30. The van der Waals surface area contributed by atoms with E-state index >= 15 is 0 Å². The second-order valence-corrected chi connectivity index (χ2v) is 4.33. The van der Waals surface area contributed by atoms with Crippen molar-refractivity contribution in [3.63, 3.8) is 0 Å². The number of aromatic amines is 1. The number of halogens is 1. The van der Waals surface area contributed by atoms with Crippen LogP contribution in [0.5, 0.6) is 0 Å². The Kier molecular flexibility index (Phi) is 2.05. The fraction of sp³-hybridized carbons (Fsp3) is 0.444. The Morgan fingerprint density at radius 1 is 1.71 bits per heavy atom. The van der Waals surface area contributed by atoms with E-state index in [1.165, 1.54) is 0 Å². The SMILES string of the molecule is CC1(O)CN(C(=O)c2cc(Cl)c[nH]2)C1. The number of aromatic nitrogens is 1. The van der Waals surface area contributed by atoms with Crippen LogP contribution in [0.1, 0.15) is 17.4 Å². The lowest BCUT2D eigenvalue weighted by molar-refractivity contribution is -0.0670. The molecule has 0 aromatic carbocycles. The maximum atomic E-state index is 11.7. The molecule has 76 valence electrons. The zero-order valence-corrected chi connectivity index (χ0v) is 8.51. The van der Waals surface area contributed by atoms with Gasteiger partial charge in [0.05, 0.1) is 23.7 Å². The number of aliphatic hydroxyl groups is 1. The number of hydrogen-bond donors (Lipinski definition) is 2. The Hall–Kier alpha value is -1.00. The van der Waals surface area contributed by atoms with E-state index in [1.807, 2.05) is 0 Å². The lowest BCUT2D eigenvalue weighted by Gasteiger charge is -2.43. The Bertz CT molecular complexity index is 365. The number of H-pyrrole nitrogens is 1. The maximum Gasteiger partial charge on any atom is 0.270 e. The molecule has 1 saturated heterocycles. The highest BCUT2D eigenvalue weighted by Gasteiger charge is 2.39. The van der Waals surface area contributed by atoms with Gasteiger partial charge in [-0.3, -0.25) is 4.79 Å². The third-order valence-corrected chi connectivity index (χ3v) is 2.45. The van der Waals surface area contributed by atoms with Gasteiger partial charge < -0.3 is 15.0 Å². The lowest BCUT2D eigenvalue weighted by Crippen LogP contribution is -2.61. The third-order valence-electron chi connectivity index (χ3n) is 2.23. The minimum atomic E-state index is -0.730. The van der Waals surface area contributed by atoms with Crippen LogP contribution in [-0.4, -0.2) is 39.6 Å². The molecule has 0 aliphatic carbocycles. The Morgan fingerprint density at radius 3 is 2.79 bits per heavy atom. The molecule has 1 amide bonds. The lowest BCUT2D eigenvalue weighted by atomic mass is 9.97. The highest BCUT2D eigenvalue weighted by Crippen LogP contribution is 2.22. The van der Waals surface area contributed by atoms with Crippen LogP contribution in [0.4, 0.5) is 0 Å². The van der Waals surface area contributed by atoms with Gasteiger partial charge in [0.15, 0.2) is 0 Å². The molecule has 2 N–H and O–H groups in total. The van der Waals surface area contributed by atoms with Gasteiger partial charge in [-0.2, -0.15) is 0 Å². The second-order valence-electron chi connectivity index (χ2n) is 3.89. The predicted octanol–water partition coefficient (Wildman–Crippen LogP) is 0.875. The standard InChI is InChI=1S/C9H11ClN2O2/c1-9(14)4-12(5-9)8(13)7-2-6(10)3-11-7/h2-3,11,14H,4-5H2,1H3. The summed E-state index contributed by atoms with van der Waals surface area (Å²) >= 11 is 5.68. The van der Waals surface area contributed by atoms with Gasteiger partial charge in [0, 0.05) is 6.20 Å². The number of rotatable bonds is 1. The van der Waals surface area contributed by atoms with Crippen LogP contribution in [0.25, 0.3) is 0 Å². The Morgan fingerprint density at radius 2 is 2.36 bits per heavy atom. The van der Waals surface area contributed by atoms with Crippen LogP contribution in [-0.2, 0) is 0 Å². The molecule has 1 fully saturated rings. The molecule has 0 atom stereocenters. The van der Waals surface area contributed by atoms with Crippen molar-refractivity contribution in [1.29, 1.82) is 0 Å². The third kappa shape index (κ3) is 1.63. The molecule has 1 aromatic heterocycles. The number of likely N-dealkylation sites (tertiary alicyclic amines) is 1. The topological polar surface area (TPSA) is 56.3 Å². The van der Waals surface area contributed by atoms with Crippen molar-refractivity contribution >= 4 is 17.5 Å². The maximum absolute atomic E-state index is 11.7. The van der Waals surface area contributed by atoms with Gasteiger partial charge in [-0.25, -0.2) is 0 Å².